The highest BCUT2D eigenvalue weighted by Gasteiger charge is 2.18. The summed E-state index contributed by atoms with van der Waals surface area (Å²) in [6.07, 6.45) is 0.00173. The largest absolute Gasteiger partial charge is 0.493 e. The number of halogens is 1. The van der Waals surface area contributed by atoms with Gasteiger partial charge in [-0.15, -0.1) is 0 Å². The van der Waals surface area contributed by atoms with Crippen LogP contribution < -0.4 is 14.8 Å². The molecule has 0 saturated carbocycles. The zero-order valence-corrected chi connectivity index (χ0v) is 15.1. The van der Waals surface area contributed by atoms with Crippen molar-refractivity contribution in [2.75, 3.05) is 13.7 Å². The number of carbonyl (C=O) groups excluding carboxylic acids is 1. The Morgan fingerprint density at radius 1 is 1.30 bits per heavy atom. The molecule has 2 N–H and O–H groups in total. The SMILES string of the molecule is COc1cc(C(=O)N[C@@H](C)C[C@@H](C)O)cc(Cl)c1OCC(C)C. The van der Waals surface area contributed by atoms with E-state index >= 15 is 0 Å². The fraction of sp³-hybridized carbons (Fsp3) is 0.588. The highest BCUT2D eigenvalue weighted by molar-refractivity contribution is 6.32. The van der Waals surface area contributed by atoms with Gasteiger partial charge in [-0.1, -0.05) is 25.4 Å². The summed E-state index contributed by atoms with van der Waals surface area (Å²) in [6.45, 7) is 8.09. The molecule has 1 amide bonds. The zero-order valence-electron chi connectivity index (χ0n) is 14.4. The number of carbonyl (C=O) groups is 1. The van der Waals surface area contributed by atoms with Crippen molar-refractivity contribution in [3.05, 3.63) is 22.7 Å². The Morgan fingerprint density at radius 2 is 1.96 bits per heavy atom. The van der Waals surface area contributed by atoms with Crippen LogP contribution in [0.4, 0.5) is 0 Å². The molecule has 0 aliphatic rings. The lowest BCUT2D eigenvalue weighted by Gasteiger charge is -2.18. The Bertz CT molecular complexity index is 532. The third-order valence-electron chi connectivity index (χ3n) is 3.12. The third kappa shape index (κ3) is 6.28. The second-order valence-electron chi connectivity index (χ2n) is 6.15. The van der Waals surface area contributed by atoms with Gasteiger partial charge in [0.2, 0.25) is 0 Å². The van der Waals surface area contributed by atoms with E-state index in [1.807, 2.05) is 20.8 Å². The molecular weight excluding hydrogens is 318 g/mol. The van der Waals surface area contributed by atoms with Crippen LogP contribution in [0, 0.1) is 5.92 Å². The van der Waals surface area contributed by atoms with E-state index in [1.165, 1.54) is 7.11 Å². The summed E-state index contributed by atoms with van der Waals surface area (Å²) in [5, 5.41) is 12.5. The molecule has 130 valence electrons. The average Bonchev–Trinajstić information content (AvgIpc) is 2.43. The first kappa shape index (κ1) is 19.6. The predicted octanol–water partition coefficient (Wildman–Crippen LogP) is 3.27. The van der Waals surface area contributed by atoms with E-state index in [1.54, 1.807) is 19.1 Å². The second-order valence-corrected chi connectivity index (χ2v) is 6.56. The van der Waals surface area contributed by atoms with Crippen molar-refractivity contribution < 1.29 is 19.4 Å². The van der Waals surface area contributed by atoms with Gasteiger partial charge < -0.3 is 19.9 Å². The minimum atomic E-state index is -0.477. The molecule has 1 aromatic carbocycles. The van der Waals surface area contributed by atoms with E-state index in [0.29, 0.717) is 41.0 Å². The summed E-state index contributed by atoms with van der Waals surface area (Å²) < 4.78 is 11.0. The maximum Gasteiger partial charge on any atom is 0.251 e. The van der Waals surface area contributed by atoms with Crippen molar-refractivity contribution in [3.63, 3.8) is 0 Å². The molecule has 6 heteroatoms. The van der Waals surface area contributed by atoms with Gasteiger partial charge in [0, 0.05) is 11.6 Å². The standard InChI is InChI=1S/C17H26ClNO4/c1-10(2)9-23-16-14(18)7-13(8-15(16)22-5)17(21)19-11(3)6-12(4)20/h7-8,10-12,20H,6,9H2,1-5H3,(H,19,21)/t11-,12+/m0/s1. The van der Waals surface area contributed by atoms with Gasteiger partial charge in [-0.3, -0.25) is 4.79 Å². The number of hydrogen-bond acceptors (Lipinski definition) is 4. The average molecular weight is 344 g/mol. The zero-order chi connectivity index (χ0) is 17.6. The highest BCUT2D eigenvalue weighted by Crippen LogP contribution is 2.36. The van der Waals surface area contributed by atoms with Crippen molar-refractivity contribution in [2.45, 2.75) is 46.3 Å². The summed E-state index contributed by atoms with van der Waals surface area (Å²) in [7, 11) is 1.51. The molecule has 0 aliphatic carbocycles. The van der Waals surface area contributed by atoms with Gasteiger partial charge in [0.15, 0.2) is 11.5 Å². The molecule has 0 fully saturated rings. The summed E-state index contributed by atoms with van der Waals surface area (Å²) in [6, 6.07) is 3.01. The van der Waals surface area contributed by atoms with Crippen LogP contribution in [0.15, 0.2) is 12.1 Å². The monoisotopic (exact) mass is 343 g/mol. The third-order valence-corrected chi connectivity index (χ3v) is 3.41. The van der Waals surface area contributed by atoms with Gasteiger partial charge in [-0.25, -0.2) is 0 Å². The van der Waals surface area contributed by atoms with Crippen LogP contribution in [0.5, 0.6) is 11.5 Å². The van der Waals surface area contributed by atoms with E-state index in [4.69, 9.17) is 21.1 Å². The molecule has 0 aliphatic heterocycles. The van der Waals surface area contributed by atoms with Crippen molar-refractivity contribution in [1.82, 2.24) is 5.32 Å². The molecule has 0 saturated heterocycles. The summed E-state index contributed by atoms with van der Waals surface area (Å²) >= 11 is 6.24. The lowest BCUT2D eigenvalue weighted by Crippen LogP contribution is -2.34. The number of benzene rings is 1. The first-order valence-electron chi connectivity index (χ1n) is 7.73. The van der Waals surface area contributed by atoms with E-state index in [0.717, 1.165) is 0 Å². The minimum Gasteiger partial charge on any atom is -0.493 e. The molecule has 1 aromatic rings. The number of rotatable bonds is 8. The van der Waals surface area contributed by atoms with Crippen molar-refractivity contribution in [1.29, 1.82) is 0 Å². The van der Waals surface area contributed by atoms with Crippen molar-refractivity contribution >= 4 is 17.5 Å². The minimum absolute atomic E-state index is 0.149. The topological polar surface area (TPSA) is 67.8 Å². The lowest BCUT2D eigenvalue weighted by atomic mass is 10.1. The normalized spacial score (nSPS) is 13.6. The van der Waals surface area contributed by atoms with Gasteiger partial charge in [0.1, 0.15) is 0 Å². The Kier molecular flexibility index (Phi) is 7.65. The molecule has 0 unspecified atom stereocenters. The van der Waals surface area contributed by atoms with Crippen LogP contribution in [0.2, 0.25) is 5.02 Å². The summed E-state index contributed by atoms with van der Waals surface area (Å²) in [4.78, 5) is 12.3. The van der Waals surface area contributed by atoms with Crippen molar-refractivity contribution in [3.8, 4) is 11.5 Å². The maximum absolute atomic E-state index is 12.3. The van der Waals surface area contributed by atoms with Crippen LogP contribution >= 0.6 is 11.6 Å². The maximum atomic E-state index is 12.3. The van der Waals surface area contributed by atoms with E-state index in [9.17, 15) is 9.90 Å². The molecule has 5 nitrogen and oxygen atoms in total. The number of nitrogens with one attached hydrogen (secondary N) is 1. The van der Waals surface area contributed by atoms with Crippen LogP contribution in [0.25, 0.3) is 0 Å². The number of ether oxygens (including phenoxy) is 2. The number of hydrogen-bond donors (Lipinski definition) is 2. The predicted molar refractivity (Wildman–Crippen MR) is 91.6 cm³/mol. The van der Waals surface area contributed by atoms with Gasteiger partial charge in [0.25, 0.3) is 5.91 Å². The van der Waals surface area contributed by atoms with Gasteiger partial charge >= 0.3 is 0 Å². The van der Waals surface area contributed by atoms with E-state index < -0.39 is 6.10 Å². The first-order chi connectivity index (χ1) is 10.7. The highest BCUT2D eigenvalue weighted by atomic mass is 35.5. The van der Waals surface area contributed by atoms with Crippen LogP contribution in [-0.4, -0.2) is 36.9 Å². The molecule has 0 bridgehead atoms. The molecule has 23 heavy (non-hydrogen) atoms. The quantitative estimate of drug-likeness (QED) is 0.760. The van der Waals surface area contributed by atoms with Gasteiger partial charge in [-0.2, -0.15) is 0 Å². The fourth-order valence-electron chi connectivity index (χ4n) is 2.12. The number of aliphatic hydroxyl groups is 1. The Hall–Kier alpha value is -1.46. The number of aliphatic hydroxyl groups excluding tert-OH is 1. The fourth-order valence-corrected chi connectivity index (χ4v) is 2.38. The van der Waals surface area contributed by atoms with Crippen molar-refractivity contribution in [2.24, 2.45) is 5.92 Å². The first-order valence-corrected chi connectivity index (χ1v) is 8.11. The molecule has 0 aromatic heterocycles. The molecular formula is C17H26ClNO4. The molecule has 0 spiro atoms. The van der Waals surface area contributed by atoms with Gasteiger partial charge in [0.05, 0.1) is 24.8 Å². The smallest absolute Gasteiger partial charge is 0.251 e. The van der Waals surface area contributed by atoms with Crippen LogP contribution in [-0.2, 0) is 0 Å². The second kappa shape index (κ2) is 8.99. The summed E-state index contributed by atoms with van der Waals surface area (Å²) in [5.41, 5.74) is 0.390. The Labute approximate surface area is 142 Å². The summed E-state index contributed by atoms with van der Waals surface area (Å²) in [5.74, 6) is 0.941. The van der Waals surface area contributed by atoms with Crippen LogP contribution in [0.3, 0.4) is 0 Å². The molecule has 0 radical (unpaired) electrons. The Morgan fingerprint density at radius 3 is 2.48 bits per heavy atom. The molecule has 2 atom stereocenters. The molecule has 1 rings (SSSR count). The lowest BCUT2D eigenvalue weighted by molar-refractivity contribution is 0.0922. The number of amides is 1. The number of methoxy groups -OCH3 is 1. The van der Waals surface area contributed by atoms with Gasteiger partial charge in [-0.05, 0) is 38.3 Å². The van der Waals surface area contributed by atoms with E-state index in [2.05, 4.69) is 5.32 Å². The van der Waals surface area contributed by atoms with Crippen LogP contribution in [0.1, 0.15) is 44.5 Å². The molecule has 0 heterocycles. The van der Waals surface area contributed by atoms with E-state index in [-0.39, 0.29) is 11.9 Å². The Balaban J connectivity index is 2.92.